The summed E-state index contributed by atoms with van der Waals surface area (Å²) < 4.78 is 2.32. The summed E-state index contributed by atoms with van der Waals surface area (Å²) >= 11 is 0. The Bertz CT molecular complexity index is 255. The average molecular weight is 192 g/mol. The van der Waals surface area contributed by atoms with E-state index < -0.39 is 0 Å². The van der Waals surface area contributed by atoms with Gasteiger partial charge in [-0.3, -0.25) is 0 Å². The van der Waals surface area contributed by atoms with Crippen LogP contribution in [0.1, 0.15) is 45.1 Å². The lowest BCUT2D eigenvalue weighted by atomic mass is 10.2. The zero-order valence-electron chi connectivity index (χ0n) is 9.50. The van der Waals surface area contributed by atoms with E-state index in [-0.39, 0.29) is 0 Å². The van der Waals surface area contributed by atoms with Gasteiger partial charge in [0.2, 0.25) is 0 Å². The maximum Gasteiger partial charge on any atom is 0.171 e. The minimum Gasteiger partial charge on any atom is -0.205 e. The number of aryl methyl sites for hydroxylation is 2. The molecule has 14 heavy (non-hydrogen) atoms. The van der Waals surface area contributed by atoms with Crippen molar-refractivity contribution < 1.29 is 4.57 Å². The molecule has 0 aromatic carbocycles. The van der Waals surface area contributed by atoms with Crippen molar-refractivity contribution >= 4 is 0 Å². The number of rotatable bonds is 6. The highest BCUT2D eigenvalue weighted by Gasteiger charge is 2.01. The fraction of sp³-hybridized carbons (Fsp3) is 0.615. The number of nitrogens with zero attached hydrogens (tertiary/aromatic N) is 1. The van der Waals surface area contributed by atoms with Crippen LogP contribution in [0.2, 0.25) is 0 Å². The molecule has 0 spiro atoms. The van der Waals surface area contributed by atoms with Crippen molar-refractivity contribution in [3.63, 3.8) is 0 Å². The fourth-order valence-corrected chi connectivity index (χ4v) is 1.70. The topological polar surface area (TPSA) is 3.88 Å². The third-order valence-corrected chi connectivity index (χ3v) is 2.48. The van der Waals surface area contributed by atoms with Gasteiger partial charge in [-0.25, -0.2) is 4.57 Å². The van der Waals surface area contributed by atoms with Crippen molar-refractivity contribution in [1.29, 1.82) is 0 Å². The summed E-state index contributed by atoms with van der Waals surface area (Å²) in [5.74, 6) is 0. The second-order valence-corrected chi connectivity index (χ2v) is 3.91. The van der Waals surface area contributed by atoms with Gasteiger partial charge in [0.25, 0.3) is 0 Å². The Morgan fingerprint density at radius 3 is 2.71 bits per heavy atom. The van der Waals surface area contributed by atoms with E-state index >= 15 is 0 Å². The molecule has 0 atom stereocenters. The minimum absolute atomic E-state index is 1.17. The molecule has 0 aliphatic rings. The normalized spacial score (nSPS) is 10.4. The number of aromatic nitrogens is 1. The van der Waals surface area contributed by atoms with E-state index in [1.54, 1.807) is 0 Å². The van der Waals surface area contributed by atoms with Gasteiger partial charge < -0.3 is 0 Å². The molecule has 1 rings (SSSR count). The molecule has 0 aliphatic carbocycles. The third kappa shape index (κ3) is 3.91. The van der Waals surface area contributed by atoms with Crippen LogP contribution in [0.5, 0.6) is 0 Å². The first-order valence-electron chi connectivity index (χ1n) is 5.84. The van der Waals surface area contributed by atoms with Crippen molar-refractivity contribution in [3.05, 3.63) is 30.1 Å². The Balaban J connectivity index is 2.46. The van der Waals surface area contributed by atoms with Gasteiger partial charge >= 0.3 is 0 Å². The Kier molecular flexibility index (Phi) is 5.28. The Labute approximate surface area is 87.8 Å². The first-order valence-corrected chi connectivity index (χ1v) is 5.84. The van der Waals surface area contributed by atoms with Crippen molar-refractivity contribution in [3.8, 4) is 0 Å². The molecule has 0 aliphatic heterocycles. The van der Waals surface area contributed by atoms with Crippen LogP contribution in [0.15, 0.2) is 24.5 Å². The number of pyridine rings is 1. The van der Waals surface area contributed by atoms with Crippen molar-refractivity contribution in [2.24, 2.45) is 0 Å². The molecule has 0 amide bonds. The Morgan fingerprint density at radius 2 is 2.00 bits per heavy atom. The van der Waals surface area contributed by atoms with Gasteiger partial charge in [-0.15, -0.1) is 0 Å². The number of unbranched alkanes of at least 4 members (excludes halogenated alkanes) is 2. The monoisotopic (exact) mass is 192 g/mol. The van der Waals surface area contributed by atoms with Crippen LogP contribution in [0, 0.1) is 0 Å². The molecule has 1 heteroatoms. The van der Waals surface area contributed by atoms with Gasteiger partial charge in [-0.2, -0.15) is 0 Å². The van der Waals surface area contributed by atoms with Crippen LogP contribution < -0.4 is 4.57 Å². The summed E-state index contributed by atoms with van der Waals surface area (Å²) in [7, 11) is 0. The molecule has 1 aromatic rings. The molecule has 0 N–H and O–H groups in total. The van der Waals surface area contributed by atoms with E-state index in [1.165, 1.54) is 44.2 Å². The van der Waals surface area contributed by atoms with Crippen molar-refractivity contribution in [1.82, 2.24) is 0 Å². The summed E-state index contributed by atoms with van der Waals surface area (Å²) in [6.07, 6.45) is 10.8. The minimum atomic E-state index is 1.17. The molecular formula is C13H22N+. The van der Waals surface area contributed by atoms with E-state index in [0.29, 0.717) is 0 Å². The SMILES string of the molecule is CCCCC[n+]1cccc(CCC)c1. The second-order valence-electron chi connectivity index (χ2n) is 3.91. The van der Waals surface area contributed by atoms with Crippen LogP contribution in [-0.2, 0) is 13.0 Å². The van der Waals surface area contributed by atoms with Gasteiger partial charge in [0, 0.05) is 18.1 Å². The van der Waals surface area contributed by atoms with E-state index in [2.05, 4.69) is 42.9 Å². The van der Waals surface area contributed by atoms with Gasteiger partial charge in [0.05, 0.1) is 0 Å². The molecule has 0 fully saturated rings. The molecule has 1 nitrogen and oxygen atoms in total. The van der Waals surface area contributed by atoms with E-state index in [4.69, 9.17) is 0 Å². The average Bonchev–Trinajstić information content (AvgIpc) is 2.19. The zero-order chi connectivity index (χ0) is 10.2. The highest BCUT2D eigenvalue weighted by atomic mass is 14.9. The molecule has 78 valence electrons. The molecule has 0 saturated carbocycles. The lowest BCUT2D eigenvalue weighted by Crippen LogP contribution is -2.33. The highest BCUT2D eigenvalue weighted by Crippen LogP contribution is 1.99. The zero-order valence-corrected chi connectivity index (χ0v) is 9.50. The summed E-state index contributed by atoms with van der Waals surface area (Å²) in [5.41, 5.74) is 1.46. The third-order valence-electron chi connectivity index (χ3n) is 2.48. The van der Waals surface area contributed by atoms with E-state index in [1.807, 2.05) is 0 Å². The molecule has 0 saturated heterocycles. The first-order chi connectivity index (χ1) is 6.86. The van der Waals surface area contributed by atoms with Crippen LogP contribution in [0.3, 0.4) is 0 Å². The standard InChI is InChI=1S/C13H22N/c1-3-5-6-10-14-11-7-9-13(12-14)8-4-2/h7,9,11-12H,3-6,8,10H2,1-2H3/q+1. The van der Waals surface area contributed by atoms with Gasteiger partial charge in [-0.05, 0) is 18.9 Å². The van der Waals surface area contributed by atoms with Crippen LogP contribution in [-0.4, -0.2) is 0 Å². The Morgan fingerprint density at radius 1 is 1.14 bits per heavy atom. The van der Waals surface area contributed by atoms with Gasteiger partial charge in [0.15, 0.2) is 12.4 Å². The van der Waals surface area contributed by atoms with E-state index in [9.17, 15) is 0 Å². The number of hydrogen-bond donors (Lipinski definition) is 0. The summed E-state index contributed by atoms with van der Waals surface area (Å²) in [6.45, 7) is 5.65. The maximum atomic E-state index is 2.32. The smallest absolute Gasteiger partial charge is 0.171 e. The number of hydrogen-bond acceptors (Lipinski definition) is 0. The lowest BCUT2D eigenvalue weighted by Gasteiger charge is -1.99. The summed E-state index contributed by atoms with van der Waals surface area (Å²) in [5, 5.41) is 0. The predicted octanol–water partition coefficient (Wildman–Crippen LogP) is 3.12. The molecule has 0 radical (unpaired) electrons. The van der Waals surface area contributed by atoms with Gasteiger partial charge in [0.1, 0.15) is 6.54 Å². The van der Waals surface area contributed by atoms with Crippen LogP contribution in [0.4, 0.5) is 0 Å². The van der Waals surface area contributed by atoms with Crippen LogP contribution in [0.25, 0.3) is 0 Å². The quantitative estimate of drug-likeness (QED) is 0.481. The van der Waals surface area contributed by atoms with Gasteiger partial charge in [-0.1, -0.05) is 26.7 Å². The molecule has 0 unspecified atom stereocenters. The van der Waals surface area contributed by atoms with Crippen LogP contribution >= 0.6 is 0 Å². The second kappa shape index (κ2) is 6.58. The van der Waals surface area contributed by atoms with Crippen molar-refractivity contribution in [2.45, 2.75) is 52.5 Å². The molecule has 1 heterocycles. The van der Waals surface area contributed by atoms with Crippen molar-refractivity contribution in [2.75, 3.05) is 0 Å². The molecular weight excluding hydrogens is 170 g/mol. The largest absolute Gasteiger partial charge is 0.205 e. The first kappa shape index (κ1) is 11.2. The maximum absolute atomic E-state index is 2.32. The molecule has 1 aromatic heterocycles. The lowest BCUT2D eigenvalue weighted by molar-refractivity contribution is -0.697. The summed E-state index contributed by atoms with van der Waals surface area (Å²) in [6, 6.07) is 4.39. The molecule has 0 bridgehead atoms. The summed E-state index contributed by atoms with van der Waals surface area (Å²) in [4.78, 5) is 0. The fourth-order valence-electron chi connectivity index (χ4n) is 1.70. The Hall–Kier alpha value is -0.850. The predicted molar refractivity (Wildman–Crippen MR) is 60.2 cm³/mol. The highest BCUT2D eigenvalue weighted by molar-refractivity contribution is 5.04. The van der Waals surface area contributed by atoms with E-state index in [0.717, 1.165) is 0 Å².